The second kappa shape index (κ2) is 6.22. The smallest absolute Gasteiger partial charge is 0.242 e. The Morgan fingerprint density at radius 1 is 1.20 bits per heavy atom. The molecule has 25 heavy (non-hydrogen) atoms. The number of hydrogen-bond acceptors (Lipinski definition) is 5. The number of aromatic amines is 1. The molecule has 0 saturated heterocycles. The maximum atomic E-state index is 12.5. The van der Waals surface area contributed by atoms with Gasteiger partial charge >= 0.3 is 0 Å². The third kappa shape index (κ3) is 3.28. The normalized spacial score (nSPS) is 18.4. The summed E-state index contributed by atoms with van der Waals surface area (Å²) in [6.07, 6.45) is 4.83. The van der Waals surface area contributed by atoms with Crippen LogP contribution in [0.3, 0.4) is 0 Å². The first kappa shape index (κ1) is 16.2. The Labute approximate surface area is 146 Å². The quantitative estimate of drug-likeness (QED) is 0.746. The lowest BCUT2D eigenvalue weighted by molar-refractivity contribution is -0.118. The second-order valence-electron chi connectivity index (χ2n) is 7.38. The van der Waals surface area contributed by atoms with E-state index in [1.165, 1.54) is 25.7 Å². The molecule has 4 N–H and O–H groups in total. The van der Waals surface area contributed by atoms with Crippen LogP contribution in [0.2, 0.25) is 0 Å². The molecule has 7 nitrogen and oxygen atoms in total. The average molecular weight is 340 g/mol. The second-order valence-corrected chi connectivity index (χ2v) is 7.38. The maximum Gasteiger partial charge on any atom is 0.242 e. The summed E-state index contributed by atoms with van der Waals surface area (Å²) in [5.74, 6) is 1.88. The Balaban J connectivity index is 1.44. The van der Waals surface area contributed by atoms with Crippen molar-refractivity contribution in [2.45, 2.75) is 45.6 Å². The zero-order valence-corrected chi connectivity index (χ0v) is 14.6. The molecule has 0 unspecified atom stereocenters. The molecule has 1 atom stereocenters. The van der Waals surface area contributed by atoms with Crippen molar-refractivity contribution < 1.29 is 4.79 Å². The molecule has 2 aromatic rings. The van der Waals surface area contributed by atoms with Crippen LogP contribution in [0.1, 0.15) is 37.1 Å². The Bertz CT molecular complexity index is 744. The summed E-state index contributed by atoms with van der Waals surface area (Å²) in [5, 5.41) is 18.3. The first-order valence-electron chi connectivity index (χ1n) is 8.96. The molecule has 0 aliphatic heterocycles. The van der Waals surface area contributed by atoms with E-state index in [0.29, 0.717) is 23.6 Å². The fraction of sp³-hybridized carbons (Fsp3) is 0.556. The van der Waals surface area contributed by atoms with Crippen LogP contribution in [0, 0.1) is 31.6 Å². The van der Waals surface area contributed by atoms with Gasteiger partial charge in [0, 0.05) is 11.3 Å². The van der Waals surface area contributed by atoms with E-state index in [9.17, 15) is 4.79 Å². The molecule has 2 aromatic heterocycles. The zero-order chi connectivity index (χ0) is 17.6. The zero-order valence-electron chi connectivity index (χ0n) is 14.6. The van der Waals surface area contributed by atoms with E-state index in [1.807, 2.05) is 19.9 Å². The van der Waals surface area contributed by atoms with Gasteiger partial charge in [-0.1, -0.05) is 0 Å². The van der Waals surface area contributed by atoms with Gasteiger partial charge in [-0.15, -0.1) is 10.2 Å². The minimum atomic E-state index is -0.458. The van der Waals surface area contributed by atoms with Gasteiger partial charge in [0.2, 0.25) is 5.91 Å². The summed E-state index contributed by atoms with van der Waals surface area (Å²) < 4.78 is 0. The van der Waals surface area contributed by atoms with Crippen LogP contribution in [-0.4, -0.2) is 32.3 Å². The number of carbonyl (C=O) groups is 1. The van der Waals surface area contributed by atoms with Crippen molar-refractivity contribution in [3.05, 3.63) is 23.5 Å². The van der Waals surface area contributed by atoms with Gasteiger partial charge in [0.25, 0.3) is 0 Å². The Hall–Kier alpha value is -2.28. The lowest BCUT2D eigenvalue weighted by atomic mass is 9.89. The number of aromatic nitrogens is 4. The monoisotopic (exact) mass is 340 g/mol. The highest BCUT2D eigenvalue weighted by molar-refractivity contribution is 5.94. The number of hydrogen-bond donors (Lipinski definition) is 3. The van der Waals surface area contributed by atoms with E-state index in [-0.39, 0.29) is 5.91 Å². The van der Waals surface area contributed by atoms with Crippen LogP contribution in [0.25, 0.3) is 11.3 Å². The first-order valence-corrected chi connectivity index (χ1v) is 8.96. The van der Waals surface area contributed by atoms with Gasteiger partial charge in [-0.3, -0.25) is 9.89 Å². The van der Waals surface area contributed by atoms with Crippen molar-refractivity contribution in [3.8, 4) is 11.3 Å². The molecule has 0 aromatic carbocycles. The number of amides is 1. The highest BCUT2D eigenvalue weighted by Gasteiger charge is 2.46. The standard InChI is InChI=1S/C18H24N6O/c1-9-15(10(2)22-21-9)13-7-8-14(24-23-13)20-18(25)17(19)16(11-3-4-11)12-5-6-12/h7-8,11-12,16-17H,3-6,19H2,1-2H3,(H,21,22)(H,20,24,25)/t17-/m0/s1. The molecule has 1 amide bonds. The molecule has 0 radical (unpaired) electrons. The predicted octanol–water partition coefficient (Wildman–Crippen LogP) is 2.19. The van der Waals surface area contributed by atoms with E-state index in [2.05, 4.69) is 25.7 Å². The summed E-state index contributed by atoms with van der Waals surface area (Å²) in [4.78, 5) is 12.5. The number of rotatable bonds is 6. The van der Waals surface area contributed by atoms with Crippen molar-refractivity contribution in [1.29, 1.82) is 0 Å². The molecule has 0 bridgehead atoms. The molecule has 2 saturated carbocycles. The van der Waals surface area contributed by atoms with Crippen molar-refractivity contribution >= 4 is 11.7 Å². The minimum Gasteiger partial charge on any atom is -0.320 e. The number of aryl methyl sites for hydroxylation is 2. The molecule has 2 aliphatic carbocycles. The lowest BCUT2D eigenvalue weighted by Gasteiger charge is -2.22. The maximum absolute atomic E-state index is 12.5. The molecule has 2 heterocycles. The molecule has 2 fully saturated rings. The van der Waals surface area contributed by atoms with Gasteiger partial charge in [0.15, 0.2) is 5.82 Å². The van der Waals surface area contributed by atoms with Gasteiger partial charge < -0.3 is 11.1 Å². The summed E-state index contributed by atoms with van der Waals surface area (Å²) in [5.41, 5.74) is 9.77. The third-order valence-electron chi connectivity index (χ3n) is 5.35. The number of anilines is 1. The van der Waals surface area contributed by atoms with Crippen LogP contribution in [0.4, 0.5) is 5.82 Å². The van der Waals surface area contributed by atoms with E-state index >= 15 is 0 Å². The van der Waals surface area contributed by atoms with Gasteiger partial charge in [-0.25, -0.2) is 0 Å². The van der Waals surface area contributed by atoms with Gasteiger partial charge in [-0.05, 0) is 69.4 Å². The Morgan fingerprint density at radius 2 is 1.88 bits per heavy atom. The van der Waals surface area contributed by atoms with E-state index in [4.69, 9.17) is 5.73 Å². The largest absolute Gasteiger partial charge is 0.320 e. The van der Waals surface area contributed by atoms with E-state index < -0.39 is 6.04 Å². The van der Waals surface area contributed by atoms with Crippen LogP contribution < -0.4 is 11.1 Å². The summed E-state index contributed by atoms with van der Waals surface area (Å²) in [7, 11) is 0. The lowest BCUT2D eigenvalue weighted by Crippen LogP contribution is -2.44. The Kier molecular flexibility index (Phi) is 4.03. The number of nitrogens with zero attached hydrogens (tertiary/aromatic N) is 3. The van der Waals surface area contributed by atoms with Gasteiger partial charge in [-0.2, -0.15) is 5.10 Å². The fourth-order valence-electron chi connectivity index (χ4n) is 3.78. The number of nitrogens with one attached hydrogen (secondary N) is 2. The Morgan fingerprint density at radius 3 is 2.36 bits per heavy atom. The topological polar surface area (TPSA) is 110 Å². The number of nitrogens with two attached hydrogens (primary N) is 1. The molecular weight excluding hydrogens is 316 g/mol. The van der Waals surface area contributed by atoms with Crippen LogP contribution in [0.5, 0.6) is 0 Å². The van der Waals surface area contributed by atoms with Crippen molar-refractivity contribution in [3.63, 3.8) is 0 Å². The van der Waals surface area contributed by atoms with E-state index in [1.54, 1.807) is 6.07 Å². The molecular formula is C18H24N6O. The molecule has 4 rings (SSSR count). The van der Waals surface area contributed by atoms with Crippen LogP contribution in [0.15, 0.2) is 12.1 Å². The van der Waals surface area contributed by atoms with Gasteiger partial charge in [0.1, 0.15) is 0 Å². The van der Waals surface area contributed by atoms with Crippen molar-refractivity contribution in [2.24, 2.45) is 23.5 Å². The highest BCUT2D eigenvalue weighted by atomic mass is 16.2. The van der Waals surface area contributed by atoms with Crippen molar-refractivity contribution in [2.75, 3.05) is 5.32 Å². The van der Waals surface area contributed by atoms with E-state index in [0.717, 1.165) is 22.6 Å². The summed E-state index contributed by atoms with van der Waals surface area (Å²) >= 11 is 0. The number of carbonyl (C=O) groups excluding carboxylic acids is 1. The molecule has 2 aliphatic rings. The first-order chi connectivity index (χ1) is 12.0. The molecule has 0 spiro atoms. The summed E-state index contributed by atoms with van der Waals surface area (Å²) in [6, 6.07) is 3.15. The molecule has 132 valence electrons. The van der Waals surface area contributed by atoms with Crippen LogP contribution >= 0.6 is 0 Å². The minimum absolute atomic E-state index is 0.151. The van der Waals surface area contributed by atoms with Crippen molar-refractivity contribution in [1.82, 2.24) is 20.4 Å². The highest BCUT2D eigenvalue weighted by Crippen LogP contribution is 2.50. The SMILES string of the molecule is Cc1n[nH]c(C)c1-c1ccc(NC(=O)[C@@H](N)C(C2CC2)C2CC2)nn1. The van der Waals surface area contributed by atoms with Gasteiger partial charge in [0.05, 0.1) is 17.4 Å². The summed E-state index contributed by atoms with van der Waals surface area (Å²) in [6.45, 7) is 3.87. The average Bonchev–Trinajstić information content (AvgIpc) is 3.51. The fourth-order valence-corrected chi connectivity index (χ4v) is 3.78. The molecule has 7 heteroatoms. The third-order valence-corrected chi connectivity index (χ3v) is 5.35. The van der Waals surface area contributed by atoms with Crippen LogP contribution in [-0.2, 0) is 4.79 Å². The number of H-pyrrole nitrogens is 1. The predicted molar refractivity (Wildman–Crippen MR) is 94.6 cm³/mol.